The van der Waals surface area contributed by atoms with Gasteiger partial charge in [-0.25, -0.2) is 0 Å². The maximum Gasteiger partial charge on any atom is 0.0555 e. The number of likely N-dealkylation sites (N-methyl/N-ethyl adjacent to an activating group) is 1. The topological polar surface area (TPSA) is 32.3 Å². The summed E-state index contributed by atoms with van der Waals surface area (Å²) in [5, 5.41) is 10.8. The van der Waals surface area contributed by atoms with Crippen LogP contribution in [0.15, 0.2) is 0 Å². The second-order valence-electron chi connectivity index (χ2n) is 0.827. The van der Waals surface area contributed by atoms with Gasteiger partial charge < -0.3 is 10.4 Å². The van der Waals surface area contributed by atoms with Crippen molar-refractivity contribution in [2.45, 2.75) is 0 Å². The summed E-state index contributed by atoms with van der Waals surface area (Å²) in [4.78, 5) is 0. The summed E-state index contributed by atoms with van der Waals surface area (Å²) in [7, 11) is 1.80. The highest BCUT2D eigenvalue weighted by Gasteiger charge is 1.65. The van der Waals surface area contributed by atoms with Crippen LogP contribution >= 0.6 is 0 Å². The van der Waals surface area contributed by atoms with Gasteiger partial charge in [-0.15, -0.1) is 0 Å². The van der Waals surface area contributed by atoms with E-state index in [0.29, 0.717) is 6.54 Å². The number of hydrogen-bond donors (Lipinski definition) is 2. The zero-order valence-corrected chi connectivity index (χ0v) is 3.36. The molecule has 32 valence electrons. The molecule has 0 fully saturated rings. The van der Waals surface area contributed by atoms with Gasteiger partial charge in [0.15, 0.2) is 0 Å². The monoisotopic (exact) mass is 74.1 g/mol. The minimum Gasteiger partial charge on any atom is -0.395 e. The molecular formula is C3H9NO. The molecule has 2 N–H and O–H groups in total. The minimum absolute atomic E-state index is 0.233. The number of aliphatic hydroxyl groups excluding tert-OH is 1. The Hall–Kier alpha value is -0.0800. The van der Waals surface area contributed by atoms with Crippen molar-refractivity contribution < 1.29 is 5.11 Å². The van der Waals surface area contributed by atoms with Crippen LogP contribution in [0.2, 0.25) is 0 Å². The molecule has 0 aliphatic heterocycles. The van der Waals surface area contributed by atoms with Crippen LogP contribution in [0.1, 0.15) is 0 Å². The van der Waals surface area contributed by atoms with Crippen molar-refractivity contribution in [1.82, 2.24) is 5.32 Å². The molecule has 2 nitrogen and oxygen atoms in total. The molecular weight excluding hydrogens is 65.0 g/mol. The van der Waals surface area contributed by atoms with Gasteiger partial charge >= 0.3 is 0 Å². The maximum absolute atomic E-state index is 8.00. The maximum atomic E-state index is 8.00. The lowest BCUT2D eigenvalue weighted by Gasteiger charge is -1.84. The van der Waals surface area contributed by atoms with Crippen LogP contribution < -0.4 is 5.32 Å². The third kappa shape index (κ3) is 3.92. The van der Waals surface area contributed by atoms with Gasteiger partial charge in [-0.2, -0.15) is 0 Å². The van der Waals surface area contributed by atoms with Gasteiger partial charge in [0.1, 0.15) is 0 Å². The first-order valence-corrected chi connectivity index (χ1v) is 1.67. The highest BCUT2D eigenvalue weighted by molar-refractivity contribution is 4.27. The molecule has 0 amide bonds. The first-order valence-electron chi connectivity index (χ1n) is 1.67. The SMILES string of the molecule is [11CH3]NCCO. The van der Waals surface area contributed by atoms with Crippen molar-refractivity contribution >= 4 is 0 Å². The number of hydrogen-bond acceptors (Lipinski definition) is 2. The molecule has 0 atom stereocenters. The molecule has 0 bridgehead atoms. The Kier molecular flexibility index (Phi) is 3.86. The van der Waals surface area contributed by atoms with Crippen LogP contribution in [0.3, 0.4) is 0 Å². The van der Waals surface area contributed by atoms with E-state index in [2.05, 4.69) is 5.32 Å². The molecule has 0 aromatic rings. The molecule has 0 saturated carbocycles. The quantitative estimate of drug-likeness (QED) is 0.449. The molecule has 0 radical (unpaired) electrons. The van der Waals surface area contributed by atoms with Gasteiger partial charge in [0.05, 0.1) is 6.61 Å². The van der Waals surface area contributed by atoms with E-state index in [1.165, 1.54) is 0 Å². The minimum atomic E-state index is 0.233. The average Bonchev–Trinajstić information content (AvgIpc) is 1.41. The van der Waals surface area contributed by atoms with Crippen molar-refractivity contribution in [3.8, 4) is 0 Å². The summed E-state index contributed by atoms with van der Waals surface area (Å²) in [6.45, 7) is 0.927. The molecule has 0 aromatic carbocycles. The van der Waals surface area contributed by atoms with Crippen molar-refractivity contribution in [3.63, 3.8) is 0 Å². The first kappa shape index (κ1) is 4.92. The van der Waals surface area contributed by atoms with E-state index in [9.17, 15) is 0 Å². The van der Waals surface area contributed by atoms with E-state index in [-0.39, 0.29) is 6.61 Å². The largest absolute Gasteiger partial charge is 0.395 e. The summed E-state index contributed by atoms with van der Waals surface area (Å²) in [5.74, 6) is 0. The van der Waals surface area contributed by atoms with Crippen LogP contribution in [-0.2, 0) is 0 Å². The van der Waals surface area contributed by atoms with E-state index in [0.717, 1.165) is 0 Å². The predicted octanol–water partition coefficient (Wildman–Crippen LogP) is -0.802. The van der Waals surface area contributed by atoms with Crippen molar-refractivity contribution in [1.29, 1.82) is 0 Å². The molecule has 5 heavy (non-hydrogen) atoms. The first-order chi connectivity index (χ1) is 2.41. The van der Waals surface area contributed by atoms with E-state index in [4.69, 9.17) is 5.11 Å². The lowest BCUT2D eigenvalue weighted by Crippen LogP contribution is -2.10. The van der Waals surface area contributed by atoms with Crippen molar-refractivity contribution in [2.24, 2.45) is 0 Å². The van der Waals surface area contributed by atoms with Gasteiger partial charge in [-0.1, -0.05) is 0 Å². The lowest BCUT2D eigenvalue weighted by atomic mass is 10.5. The average molecular weight is 74.1 g/mol. The Labute approximate surface area is 31.8 Å². The molecule has 0 aliphatic carbocycles. The summed E-state index contributed by atoms with van der Waals surface area (Å²) in [6.07, 6.45) is 0. The zero-order valence-electron chi connectivity index (χ0n) is 3.36. The van der Waals surface area contributed by atoms with E-state index >= 15 is 0 Å². The fourth-order valence-corrected chi connectivity index (χ4v) is 0.112. The van der Waals surface area contributed by atoms with E-state index in [1.54, 1.807) is 7.05 Å². The third-order valence-electron chi connectivity index (χ3n) is 0.362. The van der Waals surface area contributed by atoms with Gasteiger partial charge in [-0.3, -0.25) is 0 Å². The second kappa shape index (κ2) is 3.92. The highest BCUT2D eigenvalue weighted by Crippen LogP contribution is 1.42. The van der Waals surface area contributed by atoms with Gasteiger partial charge in [-0.05, 0) is 7.05 Å². The molecule has 0 rings (SSSR count). The molecule has 0 saturated heterocycles. The van der Waals surface area contributed by atoms with Crippen LogP contribution in [0, 0.1) is 0 Å². The molecule has 0 heterocycles. The lowest BCUT2D eigenvalue weighted by molar-refractivity contribution is 0.296. The Morgan fingerprint density at radius 1 is 1.80 bits per heavy atom. The van der Waals surface area contributed by atoms with Gasteiger partial charge in [0.25, 0.3) is 0 Å². The van der Waals surface area contributed by atoms with Gasteiger partial charge in [0, 0.05) is 6.54 Å². The van der Waals surface area contributed by atoms with Crippen molar-refractivity contribution in [3.05, 3.63) is 0 Å². The Bertz CT molecular complexity index is 14.4. The molecule has 0 aliphatic rings. The summed E-state index contributed by atoms with van der Waals surface area (Å²) >= 11 is 0. The van der Waals surface area contributed by atoms with Crippen LogP contribution in [0.5, 0.6) is 0 Å². The fraction of sp³-hybridized carbons (Fsp3) is 1.00. The van der Waals surface area contributed by atoms with Crippen LogP contribution in [0.4, 0.5) is 0 Å². The molecule has 0 unspecified atom stereocenters. The number of nitrogens with one attached hydrogen (secondary N) is 1. The van der Waals surface area contributed by atoms with E-state index < -0.39 is 0 Å². The summed E-state index contributed by atoms with van der Waals surface area (Å²) in [5.41, 5.74) is 0. The second-order valence-corrected chi connectivity index (χ2v) is 0.827. The van der Waals surface area contributed by atoms with Gasteiger partial charge in [0.2, 0.25) is 0 Å². The van der Waals surface area contributed by atoms with Crippen LogP contribution in [0.25, 0.3) is 0 Å². The predicted molar refractivity (Wildman–Crippen MR) is 21.0 cm³/mol. The molecule has 2 heteroatoms. The standard InChI is InChI=1S/C3H9NO/c1-4-2-3-5/h4-5H,2-3H2,1H3/i1-1. The summed E-state index contributed by atoms with van der Waals surface area (Å²) in [6, 6.07) is 0. The highest BCUT2D eigenvalue weighted by atomic mass is 16.3. The smallest absolute Gasteiger partial charge is 0.0555 e. The Morgan fingerprint density at radius 3 is 2.40 bits per heavy atom. The Morgan fingerprint density at radius 2 is 2.40 bits per heavy atom. The normalized spacial score (nSPS) is 8.40. The third-order valence-corrected chi connectivity index (χ3v) is 0.362. The fourth-order valence-electron chi connectivity index (χ4n) is 0.112. The molecule has 0 spiro atoms. The summed E-state index contributed by atoms with van der Waals surface area (Å²) < 4.78 is 0. The zero-order chi connectivity index (χ0) is 4.12. The Balaban J connectivity index is 2.19. The molecule has 0 aromatic heterocycles. The number of aliphatic hydroxyl groups is 1. The van der Waals surface area contributed by atoms with E-state index in [1.807, 2.05) is 0 Å². The van der Waals surface area contributed by atoms with Crippen LogP contribution in [-0.4, -0.2) is 25.3 Å². The van der Waals surface area contributed by atoms with Crippen molar-refractivity contribution in [2.75, 3.05) is 20.2 Å². The number of rotatable bonds is 2.